The molecule has 1 unspecified atom stereocenters. The smallest absolute Gasteiger partial charge is 0.457 e. The van der Waals surface area contributed by atoms with Crippen molar-refractivity contribution in [2.24, 2.45) is 9.36 Å². The summed E-state index contributed by atoms with van der Waals surface area (Å²) in [5.74, 6) is 0.447. The van der Waals surface area contributed by atoms with Crippen LogP contribution in [0.2, 0.25) is 5.02 Å². The Hall–Kier alpha value is -2.26. The number of halogens is 4. The van der Waals surface area contributed by atoms with Crippen molar-refractivity contribution in [3.05, 3.63) is 47.0 Å². The van der Waals surface area contributed by atoms with E-state index in [2.05, 4.69) is 9.36 Å². The van der Waals surface area contributed by atoms with E-state index in [1.54, 1.807) is 25.4 Å². The number of aryl methyl sites for hydroxylation is 1. The molecule has 1 atom stereocenters. The molecule has 0 radical (unpaired) electrons. The molecule has 0 amide bonds. The molecule has 0 N–H and O–H groups in total. The van der Waals surface area contributed by atoms with Gasteiger partial charge in [0.15, 0.2) is 9.73 Å². The van der Waals surface area contributed by atoms with E-state index in [-0.39, 0.29) is 12.3 Å². The van der Waals surface area contributed by atoms with Gasteiger partial charge in [0, 0.05) is 26.2 Å². The molecule has 0 aliphatic carbocycles. The number of ether oxygens (including phenoxy) is 1. The van der Waals surface area contributed by atoms with Crippen LogP contribution in [0.4, 0.5) is 18.9 Å². The van der Waals surface area contributed by atoms with E-state index in [0.717, 1.165) is 18.7 Å². The zero-order chi connectivity index (χ0) is 22.5. The average molecular weight is 462 g/mol. The lowest BCUT2D eigenvalue weighted by Gasteiger charge is -2.15. The lowest BCUT2D eigenvalue weighted by atomic mass is 10.2. The Morgan fingerprint density at radius 2 is 1.93 bits per heavy atom. The summed E-state index contributed by atoms with van der Waals surface area (Å²) in [6.45, 7) is 5.70. The molecule has 0 heterocycles. The van der Waals surface area contributed by atoms with E-state index in [0.29, 0.717) is 22.0 Å². The first-order valence-electron chi connectivity index (χ1n) is 9.13. The van der Waals surface area contributed by atoms with E-state index >= 15 is 0 Å². The third kappa shape index (κ3) is 5.46. The van der Waals surface area contributed by atoms with Crippen LogP contribution in [0.15, 0.2) is 50.6 Å². The topological polar surface area (TPSA) is 54.3 Å². The second kappa shape index (κ2) is 9.70. The maximum Gasteiger partial charge on any atom is 0.483 e. The Labute approximate surface area is 179 Å². The molecule has 2 aromatic rings. The summed E-state index contributed by atoms with van der Waals surface area (Å²) in [7, 11) is -2.72. The molecule has 0 saturated carbocycles. The van der Waals surface area contributed by atoms with Crippen LogP contribution in [-0.2, 0) is 9.73 Å². The summed E-state index contributed by atoms with van der Waals surface area (Å²) in [6.07, 6.45) is 1.65. The summed E-state index contributed by atoms with van der Waals surface area (Å²) < 4.78 is 61.8. The van der Waals surface area contributed by atoms with E-state index in [1.807, 2.05) is 18.9 Å². The Morgan fingerprint density at radius 1 is 1.23 bits per heavy atom. The molecule has 0 aliphatic rings. The largest absolute Gasteiger partial charge is 0.483 e. The molecule has 0 bridgehead atoms. The van der Waals surface area contributed by atoms with Crippen molar-refractivity contribution >= 4 is 33.4 Å². The van der Waals surface area contributed by atoms with E-state index in [4.69, 9.17) is 16.3 Å². The molecule has 0 aliphatic heterocycles. The monoisotopic (exact) mass is 461 g/mol. The number of hydrogen-bond donors (Lipinski definition) is 0. The zero-order valence-corrected chi connectivity index (χ0v) is 18.6. The first-order valence-corrected chi connectivity index (χ1v) is 11.0. The zero-order valence-electron chi connectivity index (χ0n) is 17.0. The molecule has 2 aromatic carbocycles. The second-order valence-electron chi connectivity index (χ2n) is 6.38. The second-order valence-corrected chi connectivity index (χ2v) is 9.03. The average Bonchev–Trinajstić information content (AvgIpc) is 2.68. The summed E-state index contributed by atoms with van der Waals surface area (Å²) in [6, 6.07) is 8.29. The highest BCUT2D eigenvalue weighted by atomic mass is 35.5. The molecule has 164 valence electrons. The molecule has 0 fully saturated rings. The number of rotatable bonds is 7. The van der Waals surface area contributed by atoms with Crippen molar-refractivity contribution in [2.75, 3.05) is 20.1 Å². The van der Waals surface area contributed by atoms with Gasteiger partial charge in [-0.1, -0.05) is 17.7 Å². The fourth-order valence-corrected chi connectivity index (χ4v) is 4.07. The van der Waals surface area contributed by atoms with Gasteiger partial charge in [0.25, 0.3) is 0 Å². The van der Waals surface area contributed by atoms with Gasteiger partial charge >= 0.3 is 5.51 Å². The number of nitrogens with zero attached hydrogens (tertiary/aromatic N) is 3. The molecule has 0 spiro atoms. The van der Waals surface area contributed by atoms with Gasteiger partial charge in [-0.25, -0.2) is 13.6 Å². The number of hydrogen-bond acceptors (Lipinski definition) is 4. The van der Waals surface area contributed by atoms with Gasteiger partial charge in [0.05, 0.1) is 21.9 Å². The molecule has 10 heteroatoms. The van der Waals surface area contributed by atoms with E-state index < -0.39 is 20.1 Å². The standard InChI is InChI=1S/C20H23ClF3N3O2S/c1-5-26-30(28,20(22,23)24)16-9-7-8-15(11-16)29-19-12-17(21)18(10-14(19)3)25-13-27(4)6-2/h7-13H,5-6H2,1-4H3/b25-13-. The predicted molar refractivity (Wildman–Crippen MR) is 115 cm³/mol. The highest BCUT2D eigenvalue weighted by molar-refractivity contribution is 7.94. The fraction of sp³-hybridized carbons (Fsp3) is 0.350. The molecule has 0 saturated heterocycles. The van der Waals surface area contributed by atoms with Crippen LogP contribution in [0.3, 0.4) is 0 Å². The highest BCUT2D eigenvalue weighted by Crippen LogP contribution is 2.37. The molecule has 0 aromatic heterocycles. The van der Waals surface area contributed by atoms with E-state index in [9.17, 15) is 17.4 Å². The van der Waals surface area contributed by atoms with Gasteiger partial charge in [0.1, 0.15) is 11.5 Å². The van der Waals surface area contributed by atoms with Crippen LogP contribution in [0.1, 0.15) is 19.4 Å². The first kappa shape index (κ1) is 24.0. The summed E-state index contributed by atoms with van der Waals surface area (Å²) >= 11 is 6.28. The van der Waals surface area contributed by atoms with Crippen molar-refractivity contribution < 1.29 is 22.1 Å². The summed E-state index contributed by atoms with van der Waals surface area (Å²) in [4.78, 5) is 5.74. The first-order chi connectivity index (χ1) is 14.0. The number of benzene rings is 2. The lowest BCUT2D eigenvalue weighted by molar-refractivity contribution is -0.0403. The van der Waals surface area contributed by atoms with Crippen molar-refractivity contribution in [1.82, 2.24) is 4.90 Å². The molecule has 2 rings (SSSR count). The molecular weight excluding hydrogens is 439 g/mol. The van der Waals surface area contributed by atoms with Crippen LogP contribution in [0, 0.1) is 6.92 Å². The van der Waals surface area contributed by atoms with Crippen LogP contribution in [0.25, 0.3) is 0 Å². The quantitative estimate of drug-likeness (QED) is 0.353. The minimum Gasteiger partial charge on any atom is -0.457 e. The summed E-state index contributed by atoms with van der Waals surface area (Å²) in [5, 5.41) is 0.326. The molecular formula is C20H23ClF3N3O2S. The Morgan fingerprint density at radius 3 is 2.53 bits per heavy atom. The van der Waals surface area contributed by atoms with Gasteiger partial charge in [-0.2, -0.15) is 13.2 Å². The molecule has 5 nitrogen and oxygen atoms in total. The molecule has 30 heavy (non-hydrogen) atoms. The van der Waals surface area contributed by atoms with Crippen molar-refractivity contribution in [3.8, 4) is 11.5 Å². The summed E-state index contributed by atoms with van der Waals surface area (Å²) in [5.41, 5.74) is -3.77. The van der Waals surface area contributed by atoms with Crippen molar-refractivity contribution in [1.29, 1.82) is 0 Å². The lowest BCUT2D eigenvalue weighted by Crippen LogP contribution is -2.23. The van der Waals surface area contributed by atoms with Crippen LogP contribution in [-0.4, -0.2) is 41.1 Å². The minimum absolute atomic E-state index is 0.0944. The van der Waals surface area contributed by atoms with Gasteiger partial charge in [-0.15, -0.1) is 0 Å². The SMILES string of the molecule is CCN=S(=O)(c1cccc(Oc2cc(Cl)c(/N=C\N(C)CC)cc2C)c1)C(F)(F)F. The number of aliphatic imine (C=N–C) groups is 1. The van der Waals surface area contributed by atoms with Crippen molar-refractivity contribution in [2.45, 2.75) is 31.2 Å². The van der Waals surface area contributed by atoms with Crippen LogP contribution >= 0.6 is 11.6 Å². The normalized spacial score (nSPS) is 13.9. The van der Waals surface area contributed by atoms with Crippen LogP contribution in [0.5, 0.6) is 11.5 Å². The van der Waals surface area contributed by atoms with Gasteiger partial charge in [0.2, 0.25) is 0 Å². The third-order valence-corrected chi connectivity index (χ3v) is 6.56. The fourth-order valence-electron chi connectivity index (χ4n) is 2.40. The highest BCUT2D eigenvalue weighted by Gasteiger charge is 2.44. The number of alkyl halides is 3. The van der Waals surface area contributed by atoms with Gasteiger partial charge in [-0.05, 0) is 50.6 Å². The van der Waals surface area contributed by atoms with Crippen molar-refractivity contribution in [3.63, 3.8) is 0 Å². The Kier molecular flexibility index (Phi) is 7.76. The Balaban J connectivity index is 2.40. The maximum absolute atomic E-state index is 13.4. The van der Waals surface area contributed by atoms with Gasteiger partial charge in [-0.3, -0.25) is 0 Å². The predicted octanol–water partition coefficient (Wildman–Crippen LogP) is 6.42. The Bertz CT molecular complexity index is 1050. The van der Waals surface area contributed by atoms with Gasteiger partial charge < -0.3 is 9.64 Å². The third-order valence-electron chi connectivity index (χ3n) is 4.11. The van der Waals surface area contributed by atoms with E-state index in [1.165, 1.54) is 19.1 Å². The maximum atomic E-state index is 13.4. The minimum atomic E-state index is -4.99. The van der Waals surface area contributed by atoms with Crippen LogP contribution < -0.4 is 4.74 Å².